The molecule has 3 aliphatic carbocycles. The molecule has 6 nitrogen and oxygen atoms in total. The predicted octanol–water partition coefficient (Wildman–Crippen LogP) is 2.09. The van der Waals surface area contributed by atoms with E-state index in [1.807, 2.05) is 6.08 Å². The van der Waals surface area contributed by atoms with Gasteiger partial charge in [0.25, 0.3) is 0 Å². The van der Waals surface area contributed by atoms with Crippen LogP contribution in [-0.4, -0.2) is 31.0 Å². The molecule has 0 amide bonds. The first-order valence-corrected chi connectivity index (χ1v) is 9.92. The normalized spacial score (nSPS) is 44.5. The van der Waals surface area contributed by atoms with Gasteiger partial charge in [0.05, 0.1) is 12.5 Å². The van der Waals surface area contributed by atoms with E-state index in [0.717, 1.165) is 37.8 Å². The molecular formula is C20H30N2O4. The molecule has 1 unspecified atom stereocenters. The van der Waals surface area contributed by atoms with E-state index in [2.05, 4.69) is 19.3 Å². The second-order valence-electron chi connectivity index (χ2n) is 8.95. The number of ketones is 1. The highest BCUT2D eigenvalue weighted by molar-refractivity contribution is 5.89. The van der Waals surface area contributed by atoms with Gasteiger partial charge in [-0.25, -0.2) is 0 Å². The van der Waals surface area contributed by atoms with Crippen molar-refractivity contribution >= 4 is 11.8 Å². The molecule has 0 aromatic carbocycles. The van der Waals surface area contributed by atoms with Gasteiger partial charge in [0.1, 0.15) is 11.9 Å². The summed E-state index contributed by atoms with van der Waals surface area (Å²) >= 11 is 0. The second-order valence-corrected chi connectivity index (χ2v) is 8.95. The average molecular weight is 362 g/mol. The van der Waals surface area contributed by atoms with E-state index in [-0.39, 0.29) is 34.7 Å². The quantitative estimate of drug-likeness (QED) is 0.452. The molecule has 144 valence electrons. The summed E-state index contributed by atoms with van der Waals surface area (Å²) in [6.07, 6.45) is 6.91. The Labute approximate surface area is 154 Å². The maximum Gasteiger partial charge on any atom is 0.310 e. The van der Waals surface area contributed by atoms with Gasteiger partial charge in [-0.05, 0) is 50.0 Å². The molecule has 26 heavy (non-hydrogen) atoms. The summed E-state index contributed by atoms with van der Waals surface area (Å²) < 4.78 is 5.94. The molecule has 4 aliphatic rings. The Hall–Kier alpha value is -1.40. The highest BCUT2D eigenvalue weighted by Gasteiger charge is 2.63. The van der Waals surface area contributed by atoms with Crippen molar-refractivity contribution in [2.75, 3.05) is 13.2 Å². The SMILES string of the molecule is C[C@]12CCC(NOCCN)=CC1OC(=O)[C@@H]1[C@H]2CC[C@]2(C)C(=O)CC[C@@H]12. The lowest BCUT2D eigenvalue weighted by molar-refractivity contribution is -0.197. The Bertz CT molecular complexity index is 648. The maximum atomic E-state index is 13.0. The van der Waals surface area contributed by atoms with Crippen LogP contribution >= 0.6 is 0 Å². The van der Waals surface area contributed by atoms with Crippen LogP contribution in [0.1, 0.15) is 52.4 Å². The number of fused-ring (bicyclic) bond motifs is 5. The fourth-order valence-electron chi connectivity index (χ4n) is 6.04. The third kappa shape index (κ3) is 2.53. The molecule has 1 heterocycles. The van der Waals surface area contributed by atoms with Crippen molar-refractivity contribution in [3.8, 4) is 0 Å². The van der Waals surface area contributed by atoms with Crippen LogP contribution in [-0.2, 0) is 19.2 Å². The van der Waals surface area contributed by atoms with E-state index < -0.39 is 0 Å². The van der Waals surface area contributed by atoms with Gasteiger partial charge >= 0.3 is 5.97 Å². The van der Waals surface area contributed by atoms with Gasteiger partial charge in [0, 0.05) is 29.5 Å². The number of carbonyl (C=O) groups excluding carboxylic acids is 2. The first-order chi connectivity index (χ1) is 12.4. The number of ether oxygens (including phenoxy) is 1. The zero-order valence-electron chi connectivity index (χ0n) is 15.8. The summed E-state index contributed by atoms with van der Waals surface area (Å²) in [6.45, 7) is 5.23. The van der Waals surface area contributed by atoms with E-state index >= 15 is 0 Å². The van der Waals surface area contributed by atoms with Gasteiger partial charge < -0.3 is 10.5 Å². The van der Waals surface area contributed by atoms with Crippen LogP contribution in [0.5, 0.6) is 0 Å². The third-order valence-corrected chi connectivity index (χ3v) is 7.70. The zero-order valence-corrected chi connectivity index (χ0v) is 15.8. The molecular weight excluding hydrogens is 332 g/mol. The molecule has 1 saturated heterocycles. The van der Waals surface area contributed by atoms with Gasteiger partial charge in [0.15, 0.2) is 0 Å². The topological polar surface area (TPSA) is 90.7 Å². The van der Waals surface area contributed by atoms with E-state index in [4.69, 9.17) is 15.3 Å². The Morgan fingerprint density at radius 2 is 2.04 bits per heavy atom. The molecule has 6 atom stereocenters. The van der Waals surface area contributed by atoms with E-state index in [1.54, 1.807) is 0 Å². The fraction of sp³-hybridized carbons (Fsp3) is 0.800. The molecule has 0 aromatic heterocycles. The van der Waals surface area contributed by atoms with Gasteiger partial charge in [-0.15, -0.1) is 0 Å². The molecule has 3 N–H and O–H groups in total. The minimum Gasteiger partial charge on any atom is -0.457 e. The van der Waals surface area contributed by atoms with Gasteiger partial charge in [-0.1, -0.05) is 13.8 Å². The second kappa shape index (κ2) is 6.34. The molecule has 0 bridgehead atoms. The Morgan fingerprint density at radius 3 is 2.81 bits per heavy atom. The largest absolute Gasteiger partial charge is 0.457 e. The number of Topliss-reactive ketones (excluding diaryl/α,β-unsaturated/α-hetero) is 1. The number of nitrogens with one attached hydrogen (secondary N) is 1. The van der Waals surface area contributed by atoms with Crippen LogP contribution in [0.2, 0.25) is 0 Å². The number of hydrogen-bond donors (Lipinski definition) is 2. The summed E-state index contributed by atoms with van der Waals surface area (Å²) in [7, 11) is 0. The van der Waals surface area contributed by atoms with Gasteiger partial charge in [0.2, 0.25) is 0 Å². The number of esters is 1. The molecule has 1 aliphatic heterocycles. The lowest BCUT2D eigenvalue weighted by atomic mass is 9.50. The summed E-state index contributed by atoms with van der Waals surface area (Å²) in [5.41, 5.74) is 8.98. The maximum absolute atomic E-state index is 13.0. The molecule has 2 saturated carbocycles. The van der Waals surface area contributed by atoms with Crippen molar-refractivity contribution in [3.63, 3.8) is 0 Å². The van der Waals surface area contributed by atoms with Crippen LogP contribution in [0.15, 0.2) is 11.8 Å². The van der Waals surface area contributed by atoms with Gasteiger partial charge in [-0.3, -0.25) is 19.9 Å². The molecule has 0 spiro atoms. The lowest BCUT2D eigenvalue weighted by Gasteiger charge is -2.56. The standard InChI is InChI=1S/C20H30N2O4/c1-19-8-6-14-17(13(19)3-4-15(19)23)18(24)26-16-11-12(22-25-10-9-21)5-7-20(14,16)2/h11,13-14,16-17,22H,3-10,21H2,1-2H3/t13-,14+,16?,17-,19-,20+/m0/s1. The number of carbonyl (C=O) groups is 2. The number of allylic oxidation sites excluding steroid dienone is 1. The van der Waals surface area contributed by atoms with E-state index in [0.29, 0.717) is 31.3 Å². The van der Waals surface area contributed by atoms with Crippen molar-refractivity contribution in [2.24, 2.45) is 34.3 Å². The molecule has 3 fully saturated rings. The first kappa shape index (κ1) is 18.0. The van der Waals surface area contributed by atoms with E-state index in [9.17, 15) is 9.59 Å². The Kier molecular flexibility index (Phi) is 4.39. The predicted molar refractivity (Wildman–Crippen MR) is 95.5 cm³/mol. The number of hydroxylamine groups is 1. The minimum atomic E-state index is -0.323. The zero-order chi connectivity index (χ0) is 18.5. The van der Waals surface area contributed by atoms with Crippen molar-refractivity contribution in [2.45, 2.75) is 58.5 Å². The third-order valence-electron chi connectivity index (χ3n) is 7.70. The highest BCUT2D eigenvalue weighted by atomic mass is 16.6. The molecule has 4 rings (SSSR count). The van der Waals surface area contributed by atoms with Crippen LogP contribution in [0, 0.1) is 28.6 Å². The van der Waals surface area contributed by atoms with Crippen LogP contribution in [0.25, 0.3) is 0 Å². The fourth-order valence-corrected chi connectivity index (χ4v) is 6.04. The molecule has 0 aromatic rings. The monoisotopic (exact) mass is 362 g/mol. The van der Waals surface area contributed by atoms with Crippen LogP contribution in [0.4, 0.5) is 0 Å². The van der Waals surface area contributed by atoms with Crippen LogP contribution in [0.3, 0.4) is 0 Å². The summed E-state index contributed by atoms with van der Waals surface area (Å²) in [5.74, 6) is 0.547. The lowest BCUT2D eigenvalue weighted by Crippen LogP contribution is -2.59. The van der Waals surface area contributed by atoms with Crippen molar-refractivity contribution in [3.05, 3.63) is 11.8 Å². The molecule has 6 heteroatoms. The Balaban J connectivity index is 1.58. The number of nitrogens with two attached hydrogens (primary N) is 1. The first-order valence-electron chi connectivity index (χ1n) is 9.92. The van der Waals surface area contributed by atoms with Crippen LogP contribution < -0.4 is 11.2 Å². The summed E-state index contributed by atoms with van der Waals surface area (Å²) in [4.78, 5) is 30.7. The minimum absolute atomic E-state index is 0.0649. The van der Waals surface area contributed by atoms with Crippen molar-refractivity contribution in [1.29, 1.82) is 0 Å². The average Bonchev–Trinajstić information content (AvgIpc) is 2.92. The smallest absolute Gasteiger partial charge is 0.310 e. The highest BCUT2D eigenvalue weighted by Crippen LogP contribution is 2.62. The molecule has 0 radical (unpaired) electrons. The number of hydrogen-bond acceptors (Lipinski definition) is 6. The van der Waals surface area contributed by atoms with Crippen molar-refractivity contribution < 1.29 is 19.2 Å². The number of rotatable bonds is 4. The van der Waals surface area contributed by atoms with Gasteiger partial charge in [-0.2, -0.15) is 0 Å². The van der Waals surface area contributed by atoms with E-state index in [1.165, 1.54) is 0 Å². The summed E-state index contributed by atoms with van der Waals surface area (Å²) in [5, 5.41) is 0. The van der Waals surface area contributed by atoms with Crippen molar-refractivity contribution in [1.82, 2.24) is 5.48 Å². The Morgan fingerprint density at radius 1 is 1.23 bits per heavy atom. The summed E-state index contributed by atoms with van der Waals surface area (Å²) in [6, 6.07) is 0.